The van der Waals surface area contributed by atoms with Gasteiger partial charge in [-0.05, 0) is 12.0 Å². The second-order valence-corrected chi connectivity index (χ2v) is 3.49. The number of hydrogen-bond donors (Lipinski definition) is 1. The summed E-state index contributed by atoms with van der Waals surface area (Å²) in [5.74, 6) is 0.795. The van der Waals surface area contributed by atoms with Gasteiger partial charge in [-0.1, -0.05) is 30.3 Å². The summed E-state index contributed by atoms with van der Waals surface area (Å²) in [7, 11) is 1.73. The van der Waals surface area contributed by atoms with Crippen LogP contribution in [0.15, 0.2) is 35.1 Å². The Morgan fingerprint density at radius 3 is 2.60 bits per heavy atom. The number of aryl methyl sites for hydroxylation is 2. The highest BCUT2D eigenvalue weighted by Crippen LogP contribution is 2.03. The van der Waals surface area contributed by atoms with E-state index in [0.717, 1.165) is 18.7 Å². The van der Waals surface area contributed by atoms with Gasteiger partial charge in [0.05, 0.1) is 0 Å². The Bertz CT molecular complexity index is 484. The molecule has 0 aliphatic rings. The third-order valence-corrected chi connectivity index (χ3v) is 2.45. The second-order valence-electron chi connectivity index (χ2n) is 3.49. The monoisotopic (exact) mass is 203 g/mol. The largest absolute Gasteiger partial charge is 0.343 e. The van der Waals surface area contributed by atoms with Crippen molar-refractivity contribution in [2.24, 2.45) is 7.05 Å². The van der Waals surface area contributed by atoms with E-state index in [1.54, 1.807) is 11.6 Å². The highest BCUT2D eigenvalue weighted by atomic mass is 16.1. The van der Waals surface area contributed by atoms with Gasteiger partial charge >= 0.3 is 5.69 Å². The first kappa shape index (κ1) is 9.71. The summed E-state index contributed by atoms with van der Waals surface area (Å²) >= 11 is 0. The number of hydrogen-bond acceptors (Lipinski definition) is 2. The standard InChI is InChI=1S/C11H13N3O/c1-14-10(12-13-11(14)15)8-7-9-5-3-2-4-6-9/h2-6H,7-8H2,1H3,(H,13,15). The fraction of sp³-hybridized carbons (Fsp3) is 0.273. The van der Waals surface area contributed by atoms with Crippen molar-refractivity contribution < 1.29 is 0 Å². The quantitative estimate of drug-likeness (QED) is 0.805. The number of rotatable bonds is 3. The molecule has 0 radical (unpaired) electrons. The van der Waals surface area contributed by atoms with Crippen molar-refractivity contribution >= 4 is 0 Å². The Hall–Kier alpha value is -1.84. The van der Waals surface area contributed by atoms with E-state index in [2.05, 4.69) is 22.3 Å². The molecule has 4 nitrogen and oxygen atoms in total. The van der Waals surface area contributed by atoms with Crippen molar-refractivity contribution in [1.82, 2.24) is 14.8 Å². The summed E-state index contributed by atoms with van der Waals surface area (Å²) in [5.41, 5.74) is 1.10. The molecule has 0 fully saturated rings. The smallest absolute Gasteiger partial charge is 0.282 e. The molecule has 0 unspecified atom stereocenters. The molecule has 4 heteroatoms. The molecule has 0 amide bonds. The summed E-state index contributed by atoms with van der Waals surface area (Å²) in [6, 6.07) is 10.2. The molecule has 2 rings (SSSR count). The highest BCUT2D eigenvalue weighted by Gasteiger charge is 2.03. The molecular weight excluding hydrogens is 190 g/mol. The SMILES string of the molecule is Cn1c(CCc2ccccc2)n[nH]c1=O. The maximum atomic E-state index is 11.1. The molecule has 0 aliphatic heterocycles. The minimum atomic E-state index is -0.155. The average Bonchev–Trinajstić information content (AvgIpc) is 2.59. The van der Waals surface area contributed by atoms with Crippen LogP contribution in [0.1, 0.15) is 11.4 Å². The summed E-state index contributed by atoms with van der Waals surface area (Å²) < 4.78 is 1.54. The van der Waals surface area contributed by atoms with Crippen molar-refractivity contribution in [3.8, 4) is 0 Å². The average molecular weight is 203 g/mol. The van der Waals surface area contributed by atoms with E-state index in [9.17, 15) is 4.79 Å². The van der Waals surface area contributed by atoms with Gasteiger partial charge in [-0.15, -0.1) is 0 Å². The van der Waals surface area contributed by atoms with E-state index < -0.39 is 0 Å². The first-order valence-corrected chi connectivity index (χ1v) is 4.91. The van der Waals surface area contributed by atoms with Gasteiger partial charge in [-0.25, -0.2) is 9.89 Å². The van der Waals surface area contributed by atoms with Gasteiger partial charge in [-0.2, -0.15) is 5.10 Å². The van der Waals surface area contributed by atoms with Crippen molar-refractivity contribution in [3.63, 3.8) is 0 Å². The van der Waals surface area contributed by atoms with E-state index in [1.165, 1.54) is 5.56 Å². The third kappa shape index (κ3) is 2.15. The Morgan fingerprint density at radius 1 is 1.27 bits per heavy atom. The molecule has 0 spiro atoms. The molecule has 2 aromatic rings. The van der Waals surface area contributed by atoms with Gasteiger partial charge < -0.3 is 0 Å². The predicted octanol–water partition coefficient (Wildman–Crippen LogP) is 0.894. The number of H-pyrrole nitrogens is 1. The van der Waals surface area contributed by atoms with E-state index in [4.69, 9.17) is 0 Å². The molecule has 1 aromatic heterocycles. The van der Waals surface area contributed by atoms with Crippen molar-refractivity contribution in [2.45, 2.75) is 12.8 Å². The molecule has 0 saturated carbocycles. The van der Waals surface area contributed by atoms with Crippen molar-refractivity contribution in [3.05, 3.63) is 52.2 Å². The van der Waals surface area contributed by atoms with E-state index in [0.29, 0.717) is 0 Å². The Morgan fingerprint density at radius 2 is 2.00 bits per heavy atom. The highest BCUT2D eigenvalue weighted by molar-refractivity contribution is 5.15. The van der Waals surface area contributed by atoms with Crippen LogP contribution in [0, 0.1) is 0 Å². The first-order valence-electron chi connectivity index (χ1n) is 4.91. The molecule has 1 heterocycles. The minimum Gasteiger partial charge on any atom is -0.282 e. The second kappa shape index (κ2) is 4.13. The summed E-state index contributed by atoms with van der Waals surface area (Å²) in [6.07, 6.45) is 1.68. The van der Waals surface area contributed by atoms with Crippen LogP contribution in [0.4, 0.5) is 0 Å². The molecule has 1 N–H and O–H groups in total. The normalized spacial score (nSPS) is 10.5. The molecule has 0 atom stereocenters. The number of nitrogens with zero attached hydrogens (tertiary/aromatic N) is 2. The maximum Gasteiger partial charge on any atom is 0.343 e. The number of benzene rings is 1. The zero-order chi connectivity index (χ0) is 10.7. The lowest BCUT2D eigenvalue weighted by Gasteiger charge is -2.00. The zero-order valence-electron chi connectivity index (χ0n) is 8.60. The lowest BCUT2D eigenvalue weighted by atomic mass is 10.1. The molecule has 15 heavy (non-hydrogen) atoms. The van der Waals surface area contributed by atoms with Gasteiger partial charge in [0.1, 0.15) is 5.82 Å². The fourth-order valence-electron chi connectivity index (χ4n) is 1.50. The summed E-state index contributed by atoms with van der Waals surface area (Å²) in [6.45, 7) is 0. The van der Waals surface area contributed by atoms with Crippen LogP contribution < -0.4 is 5.69 Å². The van der Waals surface area contributed by atoms with Gasteiger partial charge in [0, 0.05) is 13.5 Å². The molecule has 0 saturated heterocycles. The van der Waals surface area contributed by atoms with E-state index >= 15 is 0 Å². The van der Waals surface area contributed by atoms with Crippen LogP contribution in [0.25, 0.3) is 0 Å². The van der Waals surface area contributed by atoms with Gasteiger partial charge in [-0.3, -0.25) is 4.57 Å². The minimum absolute atomic E-state index is 0.155. The molecular formula is C11H13N3O. The molecule has 0 bridgehead atoms. The predicted molar refractivity (Wildman–Crippen MR) is 57.7 cm³/mol. The van der Waals surface area contributed by atoms with Crippen LogP contribution in [0.5, 0.6) is 0 Å². The Labute approximate surface area is 87.6 Å². The van der Waals surface area contributed by atoms with Gasteiger partial charge in [0.25, 0.3) is 0 Å². The summed E-state index contributed by atoms with van der Waals surface area (Å²) in [4.78, 5) is 11.1. The molecule has 0 aliphatic carbocycles. The van der Waals surface area contributed by atoms with Crippen molar-refractivity contribution in [2.75, 3.05) is 0 Å². The maximum absolute atomic E-state index is 11.1. The lowest BCUT2D eigenvalue weighted by Crippen LogP contribution is -2.14. The first-order chi connectivity index (χ1) is 7.27. The number of nitrogens with one attached hydrogen (secondary N) is 1. The van der Waals surface area contributed by atoms with Gasteiger partial charge in [0.2, 0.25) is 0 Å². The fourth-order valence-corrected chi connectivity index (χ4v) is 1.50. The van der Waals surface area contributed by atoms with E-state index in [1.807, 2.05) is 18.2 Å². The molecule has 78 valence electrons. The third-order valence-electron chi connectivity index (χ3n) is 2.45. The van der Waals surface area contributed by atoms with Crippen molar-refractivity contribution in [1.29, 1.82) is 0 Å². The van der Waals surface area contributed by atoms with Crippen LogP contribution in [0.3, 0.4) is 0 Å². The van der Waals surface area contributed by atoms with Crippen LogP contribution >= 0.6 is 0 Å². The Balaban J connectivity index is 2.06. The van der Waals surface area contributed by atoms with Crippen LogP contribution in [-0.4, -0.2) is 14.8 Å². The van der Waals surface area contributed by atoms with Crippen LogP contribution in [0.2, 0.25) is 0 Å². The number of aromatic amines is 1. The number of aromatic nitrogens is 3. The lowest BCUT2D eigenvalue weighted by molar-refractivity contribution is 0.755. The topological polar surface area (TPSA) is 50.7 Å². The van der Waals surface area contributed by atoms with E-state index in [-0.39, 0.29) is 5.69 Å². The summed E-state index contributed by atoms with van der Waals surface area (Å²) in [5, 5.41) is 6.39. The van der Waals surface area contributed by atoms with Gasteiger partial charge in [0.15, 0.2) is 0 Å². The Kier molecular flexibility index (Phi) is 2.67. The molecule has 1 aromatic carbocycles. The zero-order valence-corrected chi connectivity index (χ0v) is 8.60. The van der Waals surface area contributed by atoms with Crippen LogP contribution in [-0.2, 0) is 19.9 Å².